The number of imide groups is 1. The number of hydrogen-bond donors (Lipinski definition) is 0. The zero-order chi connectivity index (χ0) is 18.0. The van der Waals surface area contributed by atoms with Gasteiger partial charge in [-0.2, -0.15) is 5.26 Å². The van der Waals surface area contributed by atoms with Crippen LogP contribution < -0.4 is 4.90 Å². The Morgan fingerprint density at radius 2 is 1.96 bits per heavy atom. The molecule has 1 aromatic rings. The number of nitriles is 1. The number of fused-ring (bicyclic) bond motifs is 1. The molecule has 2 amide bonds. The van der Waals surface area contributed by atoms with Gasteiger partial charge in [0.2, 0.25) is 0 Å². The van der Waals surface area contributed by atoms with E-state index in [1.54, 1.807) is 0 Å². The van der Waals surface area contributed by atoms with Gasteiger partial charge in [-0.05, 0) is 6.07 Å². The second-order valence-electron chi connectivity index (χ2n) is 4.42. The maximum Gasteiger partial charge on any atom is 0.421 e. The Morgan fingerprint density at radius 1 is 1.29 bits per heavy atom. The van der Waals surface area contributed by atoms with Gasteiger partial charge in [0.15, 0.2) is 5.57 Å². The average molecular weight is 331 g/mol. The first kappa shape index (κ1) is 16.6. The lowest BCUT2D eigenvalue weighted by molar-refractivity contribution is -0.384. The van der Waals surface area contributed by atoms with E-state index in [2.05, 4.69) is 9.47 Å². The van der Waals surface area contributed by atoms with Gasteiger partial charge in [-0.3, -0.25) is 14.9 Å². The number of nitro groups is 1. The highest BCUT2D eigenvalue weighted by atomic mass is 16.6. The van der Waals surface area contributed by atoms with Crippen molar-refractivity contribution in [2.75, 3.05) is 19.1 Å². The number of anilines is 1. The topological polar surface area (TPSA) is 140 Å². The van der Waals surface area contributed by atoms with Crippen LogP contribution >= 0.6 is 0 Å². The van der Waals surface area contributed by atoms with Gasteiger partial charge in [0.1, 0.15) is 6.07 Å². The number of methoxy groups -OCH3 is 2. The van der Waals surface area contributed by atoms with Crippen LogP contribution in [-0.2, 0) is 19.1 Å². The fraction of sp³-hybridized carbons (Fsp3) is 0.143. The summed E-state index contributed by atoms with van der Waals surface area (Å²) in [5.41, 5.74) is -1.66. The maximum atomic E-state index is 12.5. The summed E-state index contributed by atoms with van der Waals surface area (Å²) in [6.45, 7) is 0. The highest BCUT2D eigenvalue weighted by Crippen LogP contribution is 2.40. The molecule has 0 aromatic heterocycles. The van der Waals surface area contributed by atoms with E-state index in [0.29, 0.717) is 4.90 Å². The Kier molecular flexibility index (Phi) is 4.28. The standard InChI is InChI=1S/C14H9N3O7/c1-23-13(19)9(6-15)11-8-5-7(17(21)22)3-4-10(8)16(12(11)18)14(20)24-2/h3-5H,1-2H3/b11-9+. The van der Waals surface area contributed by atoms with Crippen molar-refractivity contribution in [2.24, 2.45) is 0 Å². The number of non-ortho nitro benzene ring substituents is 1. The summed E-state index contributed by atoms with van der Waals surface area (Å²) in [6, 6.07) is 4.75. The Bertz CT molecular complexity index is 850. The molecular formula is C14H9N3O7. The number of nitrogens with zero attached hydrogens (tertiary/aromatic N) is 3. The van der Waals surface area contributed by atoms with Crippen molar-refractivity contribution < 1.29 is 28.8 Å². The third-order valence-corrected chi connectivity index (χ3v) is 3.23. The molecule has 0 radical (unpaired) electrons. The molecule has 0 fully saturated rings. The predicted molar refractivity (Wildman–Crippen MR) is 77.5 cm³/mol. The summed E-state index contributed by atoms with van der Waals surface area (Å²) in [5.74, 6) is -2.12. The fourth-order valence-electron chi connectivity index (χ4n) is 2.19. The van der Waals surface area contributed by atoms with Gasteiger partial charge in [0.25, 0.3) is 11.6 Å². The van der Waals surface area contributed by atoms with Crippen LogP contribution in [0, 0.1) is 21.4 Å². The molecule has 24 heavy (non-hydrogen) atoms. The third-order valence-electron chi connectivity index (χ3n) is 3.23. The lowest BCUT2D eigenvalue weighted by Gasteiger charge is -2.12. The van der Waals surface area contributed by atoms with Crippen LogP contribution in [0.4, 0.5) is 16.2 Å². The molecule has 1 aliphatic rings. The molecule has 2 rings (SSSR count). The van der Waals surface area contributed by atoms with Crippen molar-refractivity contribution in [3.8, 4) is 6.07 Å². The van der Waals surface area contributed by atoms with Crippen LogP contribution in [0.3, 0.4) is 0 Å². The van der Waals surface area contributed by atoms with Crippen LogP contribution in [0.2, 0.25) is 0 Å². The summed E-state index contributed by atoms with van der Waals surface area (Å²) < 4.78 is 8.94. The highest BCUT2D eigenvalue weighted by molar-refractivity contribution is 6.42. The molecule has 0 aliphatic carbocycles. The second-order valence-corrected chi connectivity index (χ2v) is 4.42. The normalized spacial score (nSPS) is 14.5. The fourth-order valence-corrected chi connectivity index (χ4v) is 2.19. The Hall–Kier alpha value is -3.74. The zero-order valence-corrected chi connectivity index (χ0v) is 12.4. The number of benzene rings is 1. The van der Waals surface area contributed by atoms with Gasteiger partial charge in [-0.15, -0.1) is 0 Å². The van der Waals surface area contributed by atoms with Crippen LogP contribution in [0.25, 0.3) is 5.57 Å². The van der Waals surface area contributed by atoms with E-state index in [-0.39, 0.29) is 16.9 Å². The molecule has 10 heteroatoms. The lowest BCUT2D eigenvalue weighted by atomic mass is 10.0. The summed E-state index contributed by atoms with van der Waals surface area (Å²) in [5, 5.41) is 20.1. The number of esters is 1. The first-order chi connectivity index (χ1) is 11.4. The average Bonchev–Trinajstić information content (AvgIpc) is 2.86. The monoisotopic (exact) mass is 331 g/mol. The number of carbonyl (C=O) groups is 3. The molecule has 0 unspecified atom stereocenters. The molecule has 1 aromatic carbocycles. The van der Waals surface area contributed by atoms with Crippen molar-refractivity contribution in [1.82, 2.24) is 0 Å². The number of rotatable bonds is 2. The molecular weight excluding hydrogens is 322 g/mol. The minimum Gasteiger partial charge on any atom is -0.465 e. The van der Waals surface area contributed by atoms with Gasteiger partial charge in [0.05, 0.1) is 30.4 Å². The molecule has 0 saturated carbocycles. The lowest BCUT2D eigenvalue weighted by Crippen LogP contribution is -2.33. The highest BCUT2D eigenvalue weighted by Gasteiger charge is 2.41. The molecule has 122 valence electrons. The maximum absolute atomic E-state index is 12.5. The zero-order valence-electron chi connectivity index (χ0n) is 12.4. The molecule has 1 heterocycles. The van der Waals surface area contributed by atoms with E-state index in [1.807, 2.05) is 0 Å². The SMILES string of the molecule is COC(=O)/C(C#N)=C1/C(=O)N(C(=O)OC)c2ccc([N+](=O)[O-])cc21. The van der Waals surface area contributed by atoms with Crippen molar-refractivity contribution in [3.05, 3.63) is 39.4 Å². The largest absolute Gasteiger partial charge is 0.465 e. The Labute approximate surface area is 134 Å². The molecule has 0 N–H and O–H groups in total. The summed E-state index contributed by atoms with van der Waals surface area (Å²) in [7, 11) is 2.04. The summed E-state index contributed by atoms with van der Waals surface area (Å²) in [6.07, 6.45) is -1.06. The van der Waals surface area contributed by atoms with Crippen LogP contribution in [-0.4, -0.2) is 37.1 Å². The van der Waals surface area contributed by atoms with E-state index < -0.39 is 34.0 Å². The van der Waals surface area contributed by atoms with Crippen LogP contribution in [0.15, 0.2) is 23.8 Å². The van der Waals surface area contributed by atoms with Gasteiger partial charge >= 0.3 is 12.1 Å². The van der Waals surface area contributed by atoms with E-state index in [9.17, 15) is 24.5 Å². The molecule has 0 atom stereocenters. The van der Waals surface area contributed by atoms with E-state index >= 15 is 0 Å². The van der Waals surface area contributed by atoms with Crippen LogP contribution in [0.5, 0.6) is 0 Å². The van der Waals surface area contributed by atoms with Crippen LogP contribution in [0.1, 0.15) is 5.56 Å². The Morgan fingerprint density at radius 3 is 2.46 bits per heavy atom. The molecule has 10 nitrogen and oxygen atoms in total. The minimum atomic E-state index is -1.11. The first-order valence-electron chi connectivity index (χ1n) is 6.31. The molecule has 0 bridgehead atoms. The number of nitro benzene ring substituents is 1. The summed E-state index contributed by atoms with van der Waals surface area (Å²) >= 11 is 0. The smallest absolute Gasteiger partial charge is 0.421 e. The van der Waals surface area contributed by atoms with Crippen molar-refractivity contribution >= 4 is 34.9 Å². The number of carbonyl (C=O) groups excluding carboxylic acids is 3. The minimum absolute atomic E-state index is 0.0379. The van der Waals surface area contributed by atoms with E-state index in [0.717, 1.165) is 32.4 Å². The van der Waals surface area contributed by atoms with Gasteiger partial charge in [-0.1, -0.05) is 0 Å². The second kappa shape index (κ2) is 6.17. The van der Waals surface area contributed by atoms with Crippen molar-refractivity contribution in [3.63, 3.8) is 0 Å². The third kappa shape index (κ3) is 2.44. The van der Waals surface area contributed by atoms with E-state index in [1.165, 1.54) is 6.07 Å². The number of hydrogen-bond acceptors (Lipinski definition) is 8. The van der Waals surface area contributed by atoms with Gasteiger partial charge in [-0.25, -0.2) is 14.5 Å². The first-order valence-corrected chi connectivity index (χ1v) is 6.31. The number of amides is 2. The van der Waals surface area contributed by atoms with Crippen molar-refractivity contribution in [2.45, 2.75) is 0 Å². The van der Waals surface area contributed by atoms with E-state index in [4.69, 9.17) is 5.26 Å². The molecule has 0 spiro atoms. The Balaban J connectivity index is 2.83. The molecule has 0 saturated heterocycles. The predicted octanol–water partition coefficient (Wildman–Crippen LogP) is 1.16. The summed E-state index contributed by atoms with van der Waals surface area (Å²) in [4.78, 5) is 46.9. The van der Waals surface area contributed by atoms with Gasteiger partial charge < -0.3 is 9.47 Å². The quantitative estimate of drug-likeness (QED) is 0.258. The van der Waals surface area contributed by atoms with Crippen molar-refractivity contribution in [1.29, 1.82) is 5.26 Å². The van der Waals surface area contributed by atoms with Gasteiger partial charge in [0, 0.05) is 17.7 Å². The number of ether oxygens (including phenoxy) is 2. The molecule has 1 aliphatic heterocycles.